The molecule has 3 rings (SSSR count). The lowest BCUT2D eigenvalue weighted by Crippen LogP contribution is -2.38. The van der Waals surface area contributed by atoms with Crippen molar-refractivity contribution in [3.05, 3.63) is 86.9 Å². The molecule has 0 saturated carbocycles. The predicted octanol–water partition coefficient (Wildman–Crippen LogP) is 5.20. The maximum atomic E-state index is 12.4. The van der Waals surface area contributed by atoms with Crippen LogP contribution in [0.25, 0.3) is 5.57 Å². The lowest BCUT2D eigenvalue weighted by atomic mass is 9.68. The van der Waals surface area contributed by atoms with Gasteiger partial charge in [-0.25, -0.2) is 4.79 Å². The van der Waals surface area contributed by atoms with Crippen molar-refractivity contribution >= 4 is 40.7 Å². The molecule has 0 bridgehead atoms. The van der Waals surface area contributed by atoms with Crippen LogP contribution in [-0.2, 0) is 15.0 Å². The summed E-state index contributed by atoms with van der Waals surface area (Å²) < 4.78 is 0. The Kier molecular flexibility index (Phi) is 5.13. The number of carboxylic acids is 2. The topological polar surface area (TPSA) is 74.6 Å². The minimum atomic E-state index is -1.58. The molecule has 0 aliphatic heterocycles. The highest BCUT2D eigenvalue weighted by Crippen LogP contribution is 2.45. The summed E-state index contributed by atoms with van der Waals surface area (Å²) in [7, 11) is 0. The first kappa shape index (κ1) is 19.2. The van der Waals surface area contributed by atoms with Crippen LogP contribution in [0.4, 0.5) is 0 Å². The Balaban J connectivity index is 2.32. The first-order valence-corrected chi connectivity index (χ1v) is 8.92. The number of aliphatic carboxylic acids is 2. The quantitative estimate of drug-likeness (QED) is 0.736. The molecule has 1 aliphatic carbocycles. The molecule has 0 aromatic heterocycles. The number of rotatable bonds is 4. The predicted molar refractivity (Wildman–Crippen MR) is 105 cm³/mol. The van der Waals surface area contributed by atoms with Gasteiger partial charge >= 0.3 is 11.9 Å². The number of allylic oxidation sites excluding steroid dienone is 2. The lowest BCUT2D eigenvalue weighted by Gasteiger charge is -2.33. The molecule has 1 aliphatic rings. The van der Waals surface area contributed by atoms with Crippen molar-refractivity contribution < 1.29 is 19.8 Å². The van der Waals surface area contributed by atoms with Gasteiger partial charge in [0.1, 0.15) is 5.41 Å². The van der Waals surface area contributed by atoms with Crippen LogP contribution in [0.5, 0.6) is 0 Å². The van der Waals surface area contributed by atoms with E-state index in [4.69, 9.17) is 23.2 Å². The number of carboxylic acid groups (broad SMARTS) is 2. The molecule has 1 atom stereocenters. The van der Waals surface area contributed by atoms with Gasteiger partial charge in [0, 0.05) is 22.0 Å². The second-order valence-electron chi connectivity index (χ2n) is 6.41. The molecule has 4 nitrogen and oxygen atoms in total. The van der Waals surface area contributed by atoms with Gasteiger partial charge in [-0.3, -0.25) is 4.79 Å². The van der Waals surface area contributed by atoms with Gasteiger partial charge < -0.3 is 10.2 Å². The van der Waals surface area contributed by atoms with Crippen molar-refractivity contribution in [2.24, 2.45) is 0 Å². The van der Waals surface area contributed by atoms with E-state index in [1.807, 2.05) is 0 Å². The van der Waals surface area contributed by atoms with Gasteiger partial charge in [0.05, 0.1) is 0 Å². The van der Waals surface area contributed by atoms with E-state index in [2.05, 4.69) is 0 Å². The van der Waals surface area contributed by atoms with Gasteiger partial charge in [-0.15, -0.1) is 0 Å². The van der Waals surface area contributed by atoms with E-state index in [0.717, 1.165) is 0 Å². The van der Waals surface area contributed by atoms with Crippen LogP contribution >= 0.6 is 23.2 Å². The Hall–Kier alpha value is -2.56. The molecule has 0 amide bonds. The van der Waals surface area contributed by atoms with Gasteiger partial charge in [-0.2, -0.15) is 0 Å². The van der Waals surface area contributed by atoms with Crippen molar-refractivity contribution in [3.8, 4) is 0 Å². The average Bonchev–Trinajstić information content (AvgIpc) is 2.63. The summed E-state index contributed by atoms with van der Waals surface area (Å²) >= 11 is 12.2. The first-order valence-electron chi connectivity index (χ1n) is 8.17. The molecule has 0 heterocycles. The lowest BCUT2D eigenvalue weighted by molar-refractivity contribution is -0.142. The normalized spacial score (nSPS) is 19.6. The second kappa shape index (κ2) is 7.22. The van der Waals surface area contributed by atoms with E-state index in [0.29, 0.717) is 27.3 Å². The minimum Gasteiger partial charge on any atom is -0.480 e. The number of hydrogen-bond acceptors (Lipinski definition) is 2. The zero-order chi connectivity index (χ0) is 19.8. The highest BCUT2D eigenvalue weighted by molar-refractivity contribution is 6.32. The monoisotopic (exact) mass is 402 g/mol. The third kappa shape index (κ3) is 3.38. The molecule has 2 N–H and O–H groups in total. The fourth-order valence-corrected chi connectivity index (χ4v) is 3.82. The van der Waals surface area contributed by atoms with E-state index in [-0.39, 0.29) is 17.0 Å². The largest absolute Gasteiger partial charge is 0.480 e. The van der Waals surface area contributed by atoms with Gasteiger partial charge in [0.15, 0.2) is 0 Å². The van der Waals surface area contributed by atoms with Crippen LogP contribution in [0.1, 0.15) is 24.5 Å². The van der Waals surface area contributed by atoms with Crippen LogP contribution in [0, 0.1) is 0 Å². The van der Waals surface area contributed by atoms with E-state index < -0.39 is 17.4 Å². The fraction of sp³-hybridized carbons (Fsp3) is 0.143. The molecule has 1 unspecified atom stereocenters. The summed E-state index contributed by atoms with van der Waals surface area (Å²) in [5.41, 5.74) is 0.571. The van der Waals surface area contributed by atoms with Crippen molar-refractivity contribution in [2.75, 3.05) is 0 Å². The van der Waals surface area contributed by atoms with Crippen LogP contribution in [-0.4, -0.2) is 22.2 Å². The molecule has 0 spiro atoms. The molecule has 6 heteroatoms. The standard InChI is InChI=1S/C21H16Cl2O4/c1-12-15(13-6-8-14(22)9-7-13)10-21(20(26)27,11-16(12)19(24)25)17-4-2-3-5-18(17)23/h2-10H,11H2,1H3,(H,24,25)(H,26,27). The Bertz CT molecular complexity index is 989. The Labute approximate surface area is 166 Å². The molecule has 27 heavy (non-hydrogen) atoms. The zero-order valence-electron chi connectivity index (χ0n) is 14.4. The number of hydrogen-bond donors (Lipinski definition) is 2. The third-order valence-electron chi connectivity index (χ3n) is 4.85. The van der Waals surface area contributed by atoms with Crippen molar-refractivity contribution in [3.63, 3.8) is 0 Å². The van der Waals surface area contributed by atoms with Gasteiger partial charge in [-0.1, -0.05) is 59.6 Å². The molecule has 2 aromatic carbocycles. The molecule has 138 valence electrons. The van der Waals surface area contributed by atoms with Crippen molar-refractivity contribution in [2.45, 2.75) is 18.8 Å². The second-order valence-corrected chi connectivity index (χ2v) is 7.25. The van der Waals surface area contributed by atoms with E-state index in [9.17, 15) is 19.8 Å². The van der Waals surface area contributed by atoms with Gasteiger partial charge in [0.25, 0.3) is 0 Å². The maximum Gasteiger partial charge on any atom is 0.331 e. The summed E-state index contributed by atoms with van der Waals surface area (Å²) in [6.07, 6.45) is 1.41. The summed E-state index contributed by atoms with van der Waals surface area (Å²) in [4.78, 5) is 24.3. The number of carbonyl (C=O) groups is 2. The number of benzene rings is 2. The third-order valence-corrected chi connectivity index (χ3v) is 5.43. The molecule has 0 saturated heterocycles. The smallest absolute Gasteiger partial charge is 0.331 e. The molecular weight excluding hydrogens is 387 g/mol. The molecule has 0 fully saturated rings. The Morgan fingerprint density at radius 2 is 1.63 bits per heavy atom. The maximum absolute atomic E-state index is 12.4. The Morgan fingerprint density at radius 3 is 2.19 bits per heavy atom. The highest BCUT2D eigenvalue weighted by Gasteiger charge is 2.45. The summed E-state index contributed by atoms with van der Waals surface area (Å²) in [6.45, 7) is 1.68. The van der Waals surface area contributed by atoms with Gasteiger partial charge in [0.2, 0.25) is 0 Å². The highest BCUT2D eigenvalue weighted by atomic mass is 35.5. The zero-order valence-corrected chi connectivity index (χ0v) is 15.9. The average molecular weight is 403 g/mol. The van der Waals surface area contributed by atoms with Crippen LogP contribution < -0.4 is 0 Å². The van der Waals surface area contributed by atoms with Gasteiger partial charge in [-0.05, 0) is 47.4 Å². The number of halogens is 2. The van der Waals surface area contributed by atoms with E-state index >= 15 is 0 Å². The summed E-state index contributed by atoms with van der Waals surface area (Å²) in [5.74, 6) is -2.31. The van der Waals surface area contributed by atoms with E-state index in [1.165, 1.54) is 0 Å². The first-order chi connectivity index (χ1) is 12.8. The molecular formula is C21H16Cl2O4. The summed E-state index contributed by atoms with van der Waals surface area (Å²) in [5, 5.41) is 20.6. The Morgan fingerprint density at radius 1 is 1.00 bits per heavy atom. The SMILES string of the molecule is CC1=C(C(=O)O)CC(C(=O)O)(c2ccccc2Cl)C=C1c1ccc(Cl)cc1. The van der Waals surface area contributed by atoms with Crippen molar-refractivity contribution in [1.29, 1.82) is 0 Å². The fourth-order valence-electron chi connectivity index (χ4n) is 3.39. The van der Waals surface area contributed by atoms with Crippen LogP contribution in [0.3, 0.4) is 0 Å². The van der Waals surface area contributed by atoms with Crippen LogP contribution in [0.15, 0.2) is 65.8 Å². The minimum absolute atomic E-state index is 0.0461. The molecule has 0 radical (unpaired) electrons. The molecule has 2 aromatic rings. The van der Waals surface area contributed by atoms with E-state index in [1.54, 1.807) is 61.5 Å². The van der Waals surface area contributed by atoms with Crippen molar-refractivity contribution in [1.82, 2.24) is 0 Å². The van der Waals surface area contributed by atoms with Crippen LogP contribution in [0.2, 0.25) is 10.0 Å². The summed E-state index contributed by atoms with van der Waals surface area (Å²) in [6, 6.07) is 13.4.